The molecular weight excluding hydrogens is 344 g/mol. The second-order valence-electron chi connectivity index (χ2n) is 6.84. The van der Waals surface area contributed by atoms with Crippen molar-refractivity contribution in [2.24, 2.45) is 0 Å². The van der Waals surface area contributed by atoms with E-state index in [2.05, 4.69) is 10.00 Å². The zero-order valence-corrected chi connectivity index (χ0v) is 15.4. The second kappa shape index (κ2) is 7.54. The Morgan fingerprint density at radius 2 is 1.89 bits per heavy atom. The molecule has 0 radical (unpaired) electrons. The monoisotopic (exact) mass is 367 g/mol. The maximum Gasteiger partial charge on any atom is 0.282 e. The van der Waals surface area contributed by atoms with Gasteiger partial charge in [0, 0.05) is 31.9 Å². The topological polar surface area (TPSA) is 75.4 Å². The fourth-order valence-corrected chi connectivity index (χ4v) is 3.65. The predicted octanol–water partition coefficient (Wildman–Crippen LogP) is 1.24. The number of fused-ring (bicyclic) bond motifs is 1. The Labute approximate surface area is 157 Å². The van der Waals surface area contributed by atoms with Crippen molar-refractivity contribution < 1.29 is 9.84 Å². The van der Waals surface area contributed by atoms with Gasteiger partial charge < -0.3 is 14.4 Å². The minimum atomic E-state index is -0.185. The standard InChI is InChI=1S/C20H24N4O3/c1-15-19-17(21-24(20(19)26)16-6-3-2-4-7-16)14-18(25)23(15)9-5-8-22-10-12-27-13-11-22/h2-4,6-7,14,25H,5,8-13H2,1H3/p-1. The molecule has 0 atom stereocenters. The summed E-state index contributed by atoms with van der Waals surface area (Å²) in [5.74, 6) is -0.111. The van der Waals surface area contributed by atoms with Gasteiger partial charge in [-0.2, -0.15) is 9.78 Å². The number of benzene rings is 1. The van der Waals surface area contributed by atoms with Crippen LogP contribution in [0.25, 0.3) is 16.9 Å². The summed E-state index contributed by atoms with van der Waals surface area (Å²) in [5.41, 5.74) is 2.17. The van der Waals surface area contributed by atoms with Crippen LogP contribution in [-0.4, -0.2) is 52.1 Å². The van der Waals surface area contributed by atoms with Crippen molar-refractivity contribution in [3.63, 3.8) is 0 Å². The highest BCUT2D eigenvalue weighted by molar-refractivity contribution is 5.65. The summed E-state index contributed by atoms with van der Waals surface area (Å²) < 4.78 is 8.43. The van der Waals surface area contributed by atoms with Crippen LogP contribution >= 0.6 is 0 Å². The Kier molecular flexibility index (Phi) is 4.96. The van der Waals surface area contributed by atoms with Crippen molar-refractivity contribution in [1.29, 1.82) is 0 Å². The molecular formula is C20H23N4O3-. The number of para-hydroxylation sites is 1. The summed E-state index contributed by atoms with van der Waals surface area (Å²) in [6.07, 6.45) is 0.854. The smallest absolute Gasteiger partial charge is 0.282 e. The van der Waals surface area contributed by atoms with E-state index in [0.717, 1.165) is 39.3 Å². The highest BCUT2D eigenvalue weighted by Gasteiger charge is 2.20. The van der Waals surface area contributed by atoms with Crippen LogP contribution in [0.15, 0.2) is 41.2 Å². The van der Waals surface area contributed by atoms with E-state index in [1.165, 1.54) is 10.7 Å². The summed E-state index contributed by atoms with van der Waals surface area (Å²) in [6.45, 7) is 6.74. The highest BCUT2D eigenvalue weighted by Crippen LogP contribution is 2.26. The van der Waals surface area contributed by atoms with Crippen molar-refractivity contribution in [3.8, 4) is 22.8 Å². The molecule has 0 aromatic heterocycles. The molecule has 7 heteroatoms. The minimum Gasteiger partial charge on any atom is -0.860 e. The molecule has 1 fully saturated rings. The maximum atomic E-state index is 12.9. The van der Waals surface area contributed by atoms with Crippen molar-refractivity contribution in [1.82, 2.24) is 19.2 Å². The highest BCUT2D eigenvalue weighted by atomic mass is 16.5. The lowest BCUT2D eigenvalue weighted by Crippen LogP contribution is -2.37. The average Bonchev–Trinajstić information content (AvgIpc) is 3.02. The molecule has 0 saturated carbocycles. The third-order valence-corrected chi connectivity index (χ3v) is 5.12. The van der Waals surface area contributed by atoms with E-state index in [1.807, 2.05) is 37.3 Å². The molecule has 0 unspecified atom stereocenters. The number of ether oxygens (including phenoxy) is 1. The number of rotatable bonds is 5. The van der Waals surface area contributed by atoms with Crippen LogP contribution < -0.4 is 10.7 Å². The first-order chi connectivity index (χ1) is 13.1. The summed E-state index contributed by atoms with van der Waals surface area (Å²) in [7, 11) is 0. The van der Waals surface area contributed by atoms with Gasteiger partial charge in [0.15, 0.2) is 0 Å². The lowest BCUT2D eigenvalue weighted by molar-refractivity contribution is -0.279. The molecule has 0 bridgehead atoms. The first-order valence-electron chi connectivity index (χ1n) is 9.31. The molecule has 3 aliphatic heterocycles. The van der Waals surface area contributed by atoms with Crippen LogP contribution in [0.1, 0.15) is 12.1 Å². The Morgan fingerprint density at radius 3 is 2.63 bits per heavy atom. The van der Waals surface area contributed by atoms with Crippen LogP contribution in [0.4, 0.5) is 0 Å². The Hall–Kier alpha value is -2.64. The van der Waals surface area contributed by atoms with E-state index in [9.17, 15) is 9.90 Å². The Morgan fingerprint density at radius 1 is 1.15 bits per heavy atom. The molecule has 1 aromatic rings. The quantitative estimate of drug-likeness (QED) is 0.678. The fourth-order valence-electron chi connectivity index (χ4n) is 3.65. The number of hydrogen-bond acceptors (Lipinski definition) is 5. The van der Waals surface area contributed by atoms with Gasteiger partial charge in [0.1, 0.15) is 0 Å². The van der Waals surface area contributed by atoms with Crippen LogP contribution in [-0.2, 0) is 11.3 Å². The Balaban J connectivity index is 1.61. The summed E-state index contributed by atoms with van der Waals surface area (Å²) in [5, 5.41) is 16.9. The van der Waals surface area contributed by atoms with Gasteiger partial charge in [0.05, 0.1) is 30.2 Å². The molecule has 3 aliphatic rings. The number of pyridine rings is 1. The van der Waals surface area contributed by atoms with Gasteiger partial charge in [0.2, 0.25) is 0 Å². The van der Waals surface area contributed by atoms with Gasteiger partial charge in [-0.3, -0.25) is 9.69 Å². The third kappa shape index (κ3) is 3.48. The molecule has 1 aromatic carbocycles. The van der Waals surface area contributed by atoms with Gasteiger partial charge in [-0.1, -0.05) is 18.2 Å². The molecule has 4 rings (SSSR count). The average molecular weight is 367 g/mol. The molecule has 0 N–H and O–H groups in total. The molecule has 1 saturated heterocycles. The van der Waals surface area contributed by atoms with E-state index < -0.39 is 0 Å². The number of hydrogen-bond donors (Lipinski definition) is 0. The molecule has 0 spiro atoms. The molecule has 27 heavy (non-hydrogen) atoms. The molecule has 7 nitrogen and oxygen atoms in total. The van der Waals surface area contributed by atoms with Crippen molar-refractivity contribution >= 4 is 0 Å². The third-order valence-electron chi connectivity index (χ3n) is 5.12. The summed E-state index contributed by atoms with van der Waals surface area (Å²) in [4.78, 5) is 15.2. The zero-order valence-electron chi connectivity index (χ0n) is 15.4. The van der Waals surface area contributed by atoms with Crippen molar-refractivity contribution in [3.05, 3.63) is 52.4 Å². The molecule has 3 heterocycles. The van der Waals surface area contributed by atoms with Gasteiger partial charge >= 0.3 is 0 Å². The van der Waals surface area contributed by atoms with E-state index >= 15 is 0 Å². The molecule has 142 valence electrons. The predicted molar refractivity (Wildman–Crippen MR) is 101 cm³/mol. The van der Waals surface area contributed by atoms with Crippen LogP contribution in [0, 0.1) is 6.92 Å². The minimum absolute atomic E-state index is 0.111. The number of nitrogens with zero attached hydrogens (tertiary/aromatic N) is 4. The number of morpholine rings is 1. The van der Waals surface area contributed by atoms with Gasteiger partial charge in [-0.25, -0.2) is 0 Å². The molecule has 0 aliphatic carbocycles. The van der Waals surface area contributed by atoms with Crippen LogP contribution in [0.5, 0.6) is 5.88 Å². The van der Waals surface area contributed by atoms with Crippen LogP contribution in [0.2, 0.25) is 0 Å². The Bertz CT molecular complexity index is 942. The molecule has 0 amide bonds. The SMILES string of the molecule is Cc1c2c(=O)n(-c3ccccc3)nc-2cc([O-])n1CCCN1CCOCC1. The zero-order chi connectivity index (χ0) is 18.8. The largest absolute Gasteiger partial charge is 0.860 e. The van der Waals surface area contributed by atoms with Crippen LogP contribution in [0.3, 0.4) is 0 Å². The van der Waals surface area contributed by atoms with Crippen molar-refractivity contribution in [2.75, 3.05) is 32.8 Å². The lowest BCUT2D eigenvalue weighted by Gasteiger charge is -2.28. The maximum absolute atomic E-state index is 12.9. The first-order valence-corrected chi connectivity index (χ1v) is 9.31. The van der Waals surface area contributed by atoms with Crippen molar-refractivity contribution in [2.45, 2.75) is 19.9 Å². The summed E-state index contributed by atoms with van der Waals surface area (Å²) in [6, 6.07) is 10.7. The van der Waals surface area contributed by atoms with E-state index in [4.69, 9.17) is 4.74 Å². The van der Waals surface area contributed by atoms with Gasteiger partial charge in [-0.15, -0.1) is 0 Å². The van der Waals surface area contributed by atoms with Gasteiger partial charge in [0.25, 0.3) is 5.56 Å². The van der Waals surface area contributed by atoms with E-state index in [-0.39, 0.29) is 11.4 Å². The number of aromatic nitrogens is 3. The first kappa shape index (κ1) is 17.8. The van der Waals surface area contributed by atoms with Gasteiger partial charge in [-0.05, 0) is 37.4 Å². The fraction of sp³-hybridized carbons (Fsp3) is 0.400. The normalized spacial score (nSPS) is 15.4. The summed E-state index contributed by atoms with van der Waals surface area (Å²) >= 11 is 0. The van der Waals surface area contributed by atoms with E-state index in [0.29, 0.717) is 29.2 Å². The second-order valence-corrected chi connectivity index (χ2v) is 6.84. The van der Waals surface area contributed by atoms with E-state index in [1.54, 1.807) is 4.57 Å². The lowest BCUT2D eigenvalue weighted by atomic mass is 10.1.